The van der Waals surface area contributed by atoms with Crippen LogP contribution in [0.1, 0.15) is 33.3 Å². The largest absolute Gasteiger partial charge is 0.772 e. The normalized spacial score (nSPS) is 22.5. The molecule has 0 N–H and O–H groups in total. The van der Waals surface area contributed by atoms with Crippen LogP contribution in [0.5, 0.6) is 0 Å². The fourth-order valence-electron chi connectivity index (χ4n) is 1.89. The third kappa shape index (κ3) is 3.08. The lowest BCUT2D eigenvalue weighted by atomic mass is 9.79. The lowest BCUT2D eigenvalue weighted by molar-refractivity contribution is 0.00578. The standard InChI is InChI=1S/C13H19BO4S/c1-12(2)13(3,4)18-14(17-12)11-7-5-10(6-8-11)9-19(15)16/h5-8H,9H2,1-4H3,(H,15,16)/p-1. The fraction of sp³-hybridized carbons (Fsp3) is 0.538. The highest BCUT2D eigenvalue weighted by Crippen LogP contribution is 2.36. The average Bonchev–Trinajstić information content (AvgIpc) is 2.48. The van der Waals surface area contributed by atoms with Crippen LogP contribution in [0.4, 0.5) is 0 Å². The van der Waals surface area contributed by atoms with Gasteiger partial charge in [-0.25, -0.2) is 0 Å². The molecule has 1 aromatic rings. The molecule has 1 saturated heterocycles. The molecule has 1 heterocycles. The van der Waals surface area contributed by atoms with Crippen LogP contribution in [0.15, 0.2) is 24.3 Å². The van der Waals surface area contributed by atoms with Gasteiger partial charge in [0.25, 0.3) is 0 Å². The first-order chi connectivity index (χ1) is 8.71. The first kappa shape index (κ1) is 14.7. The van der Waals surface area contributed by atoms with Gasteiger partial charge in [-0.05, 0) is 38.7 Å². The molecular weight excluding hydrogens is 263 g/mol. The van der Waals surface area contributed by atoms with Crippen molar-refractivity contribution in [1.29, 1.82) is 0 Å². The zero-order chi connectivity index (χ0) is 14.3. The van der Waals surface area contributed by atoms with E-state index in [2.05, 4.69) is 0 Å². The van der Waals surface area contributed by atoms with E-state index in [4.69, 9.17) is 9.31 Å². The van der Waals surface area contributed by atoms with Crippen molar-refractivity contribution in [3.8, 4) is 0 Å². The summed E-state index contributed by atoms with van der Waals surface area (Å²) in [4.78, 5) is 0. The van der Waals surface area contributed by atoms with Gasteiger partial charge in [0.2, 0.25) is 0 Å². The third-order valence-electron chi connectivity index (χ3n) is 3.79. The minimum absolute atomic E-state index is 0.0314. The van der Waals surface area contributed by atoms with E-state index in [1.165, 1.54) is 0 Å². The molecule has 1 fully saturated rings. The Balaban J connectivity index is 2.14. The Morgan fingerprint density at radius 3 is 2.00 bits per heavy atom. The molecule has 0 bridgehead atoms. The molecule has 1 aromatic carbocycles. The maximum Gasteiger partial charge on any atom is 0.494 e. The molecule has 0 aliphatic carbocycles. The van der Waals surface area contributed by atoms with E-state index in [-0.39, 0.29) is 17.0 Å². The van der Waals surface area contributed by atoms with Crippen LogP contribution in [0.2, 0.25) is 0 Å². The summed E-state index contributed by atoms with van der Waals surface area (Å²) in [6, 6.07) is 7.28. The molecule has 1 aliphatic rings. The van der Waals surface area contributed by atoms with Crippen LogP contribution in [0.25, 0.3) is 0 Å². The first-order valence-electron chi connectivity index (χ1n) is 6.22. The minimum Gasteiger partial charge on any atom is -0.772 e. The second-order valence-electron chi connectivity index (χ2n) is 5.78. The summed E-state index contributed by atoms with van der Waals surface area (Å²) in [5, 5.41) is 0. The molecule has 104 valence electrons. The number of hydrogen-bond donors (Lipinski definition) is 0. The van der Waals surface area contributed by atoms with Gasteiger partial charge in [-0.2, -0.15) is 0 Å². The number of rotatable bonds is 3. The maximum atomic E-state index is 10.6. The second kappa shape index (κ2) is 5.02. The average molecular weight is 281 g/mol. The molecule has 2 rings (SSSR count). The van der Waals surface area contributed by atoms with E-state index in [1.54, 1.807) is 12.1 Å². The fourth-order valence-corrected chi connectivity index (χ4v) is 2.35. The smallest absolute Gasteiger partial charge is 0.494 e. The summed E-state index contributed by atoms with van der Waals surface area (Å²) < 4.78 is 33.1. The van der Waals surface area contributed by atoms with Crippen LogP contribution in [0.3, 0.4) is 0 Å². The summed E-state index contributed by atoms with van der Waals surface area (Å²) in [5.74, 6) is 0.0314. The second-order valence-corrected chi connectivity index (χ2v) is 6.67. The summed E-state index contributed by atoms with van der Waals surface area (Å²) in [7, 11) is -0.406. The highest BCUT2D eigenvalue weighted by Gasteiger charge is 2.51. The predicted molar refractivity (Wildman–Crippen MR) is 74.8 cm³/mol. The van der Waals surface area contributed by atoms with Crippen molar-refractivity contribution in [3.63, 3.8) is 0 Å². The van der Waals surface area contributed by atoms with Crippen molar-refractivity contribution >= 4 is 23.7 Å². The van der Waals surface area contributed by atoms with Gasteiger partial charge < -0.3 is 13.9 Å². The van der Waals surface area contributed by atoms with Gasteiger partial charge in [-0.1, -0.05) is 35.3 Å². The highest BCUT2D eigenvalue weighted by atomic mass is 32.2. The minimum atomic E-state index is -2.06. The number of hydrogen-bond acceptors (Lipinski definition) is 4. The third-order valence-corrected chi connectivity index (χ3v) is 4.36. The van der Waals surface area contributed by atoms with Crippen LogP contribution < -0.4 is 5.46 Å². The Kier molecular flexibility index (Phi) is 3.88. The zero-order valence-electron chi connectivity index (χ0n) is 11.6. The Morgan fingerprint density at radius 1 is 1.11 bits per heavy atom. The topological polar surface area (TPSA) is 58.6 Å². The lowest BCUT2D eigenvalue weighted by Crippen LogP contribution is -2.41. The van der Waals surface area contributed by atoms with Gasteiger partial charge in [0, 0.05) is 5.75 Å². The van der Waals surface area contributed by atoms with Crippen molar-refractivity contribution in [2.45, 2.75) is 44.6 Å². The molecule has 0 aromatic heterocycles. The molecule has 0 spiro atoms. The van der Waals surface area contributed by atoms with E-state index in [9.17, 15) is 8.76 Å². The van der Waals surface area contributed by atoms with Gasteiger partial charge in [0.05, 0.1) is 11.2 Å². The van der Waals surface area contributed by atoms with Crippen molar-refractivity contribution < 1.29 is 18.1 Å². The van der Waals surface area contributed by atoms with E-state index in [0.29, 0.717) is 0 Å². The van der Waals surface area contributed by atoms with Crippen LogP contribution in [-0.2, 0) is 26.1 Å². The van der Waals surface area contributed by atoms with Crippen molar-refractivity contribution in [1.82, 2.24) is 0 Å². The highest BCUT2D eigenvalue weighted by molar-refractivity contribution is 7.78. The molecule has 1 unspecified atom stereocenters. The Labute approximate surface area is 116 Å². The van der Waals surface area contributed by atoms with Crippen molar-refractivity contribution in [2.75, 3.05) is 0 Å². The SMILES string of the molecule is CC1(C)OB(c2ccc(CS(=O)[O-])cc2)OC1(C)C. The van der Waals surface area contributed by atoms with Gasteiger partial charge in [0.1, 0.15) is 0 Å². The molecular formula is C13H18BO4S-. The monoisotopic (exact) mass is 281 g/mol. The Hall–Kier alpha value is -0.685. The van der Waals surface area contributed by atoms with Gasteiger partial charge in [0.15, 0.2) is 0 Å². The van der Waals surface area contributed by atoms with Crippen molar-refractivity contribution in [2.24, 2.45) is 0 Å². The van der Waals surface area contributed by atoms with Gasteiger partial charge >= 0.3 is 7.12 Å². The summed E-state index contributed by atoms with van der Waals surface area (Å²) in [6.07, 6.45) is 0. The molecule has 4 nitrogen and oxygen atoms in total. The molecule has 19 heavy (non-hydrogen) atoms. The molecule has 0 saturated carbocycles. The quantitative estimate of drug-likeness (QED) is 0.620. The zero-order valence-corrected chi connectivity index (χ0v) is 12.5. The van der Waals surface area contributed by atoms with Gasteiger partial charge in [-0.15, -0.1) is 0 Å². The van der Waals surface area contributed by atoms with Crippen LogP contribution in [-0.4, -0.2) is 27.1 Å². The molecule has 0 radical (unpaired) electrons. The first-order valence-corrected chi connectivity index (χ1v) is 7.46. The Morgan fingerprint density at radius 2 is 1.58 bits per heavy atom. The van der Waals surface area contributed by atoms with Gasteiger partial charge in [-0.3, -0.25) is 4.21 Å². The van der Waals surface area contributed by atoms with E-state index >= 15 is 0 Å². The van der Waals surface area contributed by atoms with Crippen LogP contribution >= 0.6 is 0 Å². The van der Waals surface area contributed by atoms with E-state index < -0.39 is 18.2 Å². The summed E-state index contributed by atoms with van der Waals surface area (Å²) >= 11 is -2.06. The molecule has 1 atom stereocenters. The molecule has 6 heteroatoms. The summed E-state index contributed by atoms with van der Waals surface area (Å²) in [6.45, 7) is 8.01. The van der Waals surface area contributed by atoms with E-state index in [1.807, 2.05) is 39.8 Å². The summed E-state index contributed by atoms with van der Waals surface area (Å²) in [5.41, 5.74) is 0.923. The van der Waals surface area contributed by atoms with Crippen molar-refractivity contribution in [3.05, 3.63) is 29.8 Å². The predicted octanol–water partition coefficient (Wildman–Crippen LogP) is 1.36. The van der Waals surface area contributed by atoms with E-state index in [0.717, 1.165) is 11.0 Å². The number of benzene rings is 1. The molecule has 0 amide bonds. The van der Waals surface area contributed by atoms with Crippen LogP contribution in [0, 0.1) is 0 Å². The molecule has 1 aliphatic heterocycles. The lowest BCUT2D eigenvalue weighted by Gasteiger charge is -2.32. The Bertz CT molecular complexity index is 468. The maximum absolute atomic E-state index is 10.6.